The minimum atomic E-state index is -0.939. The summed E-state index contributed by atoms with van der Waals surface area (Å²) < 4.78 is 5.18. The average Bonchev–Trinajstić information content (AvgIpc) is 2.82. The molecule has 0 aromatic rings. The molecule has 2 aliphatic rings. The standard InChI is InChI=1S/C16H22O4/c1-3-4-5-7-16(2,19)8-6-11-12-9-15(18)20-14(12)10-13(11)17/h6,8,11-14,17,19H,5,7,9-10H2,1-2H3/b8-6+/t11-,12-,13-,14+,16?/m1/s1. The maximum Gasteiger partial charge on any atom is 0.306 e. The van der Waals surface area contributed by atoms with Crippen LogP contribution in [0.3, 0.4) is 0 Å². The quantitative estimate of drug-likeness (QED) is 0.463. The Morgan fingerprint density at radius 3 is 3.00 bits per heavy atom. The van der Waals surface area contributed by atoms with Gasteiger partial charge in [-0.1, -0.05) is 12.2 Å². The van der Waals surface area contributed by atoms with Gasteiger partial charge in [0.05, 0.1) is 18.1 Å². The van der Waals surface area contributed by atoms with Crippen molar-refractivity contribution in [1.29, 1.82) is 0 Å². The first-order chi connectivity index (χ1) is 9.43. The zero-order valence-electron chi connectivity index (χ0n) is 12.0. The molecular formula is C16H22O4. The van der Waals surface area contributed by atoms with Crippen LogP contribution in [0.5, 0.6) is 0 Å². The van der Waals surface area contributed by atoms with E-state index < -0.39 is 11.7 Å². The number of aliphatic hydroxyl groups is 2. The van der Waals surface area contributed by atoms with Crippen LogP contribution in [0.1, 0.15) is 39.5 Å². The zero-order valence-corrected chi connectivity index (χ0v) is 12.0. The van der Waals surface area contributed by atoms with Crippen LogP contribution in [0.15, 0.2) is 12.2 Å². The zero-order chi connectivity index (χ0) is 14.8. The van der Waals surface area contributed by atoms with Crippen molar-refractivity contribution in [3.63, 3.8) is 0 Å². The van der Waals surface area contributed by atoms with Gasteiger partial charge in [0.2, 0.25) is 0 Å². The highest BCUT2D eigenvalue weighted by atomic mass is 16.6. The summed E-state index contributed by atoms with van der Waals surface area (Å²) in [5, 5.41) is 20.3. The van der Waals surface area contributed by atoms with E-state index in [2.05, 4.69) is 11.8 Å². The van der Waals surface area contributed by atoms with Crippen LogP contribution in [-0.2, 0) is 9.53 Å². The Bertz CT molecular complexity index is 455. The normalized spacial score (nSPS) is 35.3. The third-order valence-corrected chi connectivity index (χ3v) is 4.19. The van der Waals surface area contributed by atoms with Crippen molar-refractivity contribution >= 4 is 5.97 Å². The molecule has 2 N–H and O–H groups in total. The number of carbonyl (C=O) groups excluding carboxylic acids is 1. The maximum atomic E-state index is 11.3. The Labute approximate surface area is 119 Å². The highest BCUT2D eigenvalue weighted by molar-refractivity contribution is 5.72. The molecule has 2 fully saturated rings. The predicted octanol–water partition coefficient (Wildman–Crippen LogP) is 1.41. The fraction of sp³-hybridized carbons (Fsp3) is 0.688. The first kappa shape index (κ1) is 15.1. The fourth-order valence-electron chi connectivity index (χ4n) is 3.03. The minimum Gasteiger partial charge on any atom is -0.462 e. The summed E-state index contributed by atoms with van der Waals surface area (Å²) in [6, 6.07) is 0. The highest BCUT2D eigenvalue weighted by Crippen LogP contribution is 2.42. The smallest absolute Gasteiger partial charge is 0.306 e. The lowest BCUT2D eigenvalue weighted by Crippen LogP contribution is -2.23. The molecule has 5 atom stereocenters. The molecule has 1 saturated heterocycles. The summed E-state index contributed by atoms with van der Waals surface area (Å²) in [5.41, 5.74) is -0.939. The Balaban J connectivity index is 1.98. The second kappa shape index (κ2) is 5.99. The maximum absolute atomic E-state index is 11.3. The van der Waals surface area contributed by atoms with E-state index in [1.54, 1.807) is 19.9 Å². The van der Waals surface area contributed by atoms with E-state index >= 15 is 0 Å². The molecule has 1 saturated carbocycles. The molecule has 20 heavy (non-hydrogen) atoms. The second-order valence-electron chi connectivity index (χ2n) is 5.92. The topological polar surface area (TPSA) is 66.8 Å². The molecule has 4 nitrogen and oxygen atoms in total. The molecule has 1 heterocycles. The van der Waals surface area contributed by atoms with E-state index in [1.807, 2.05) is 6.08 Å². The molecule has 0 radical (unpaired) electrons. The molecule has 4 heteroatoms. The highest BCUT2D eigenvalue weighted by Gasteiger charge is 2.48. The van der Waals surface area contributed by atoms with Crippen LogP contribution >= 0.6 is 0 Å². The minimum absolute atomic E-state index is 0.0417. The van der Waals surface area contributed by atoms with Gasteiger partial charge in [0.15, 0.2) is 0 Å². The summed E-state index contributed by atoms with van der Waals surface area (Å²) in [4.78, 5) is 11.3. The molecule has 0 amide bonds. The Morgan fingerprint density at radius 2 is 2.30 bits per heavy atom. The molecule has 1 unspecified atom stereocenters. The summed E-state index contributed by atoms with van der Waals surface area (Å²) in [5.74, 6) is 5.47. The van der Waals surface area contributed by atoms with Crippen LogP contribution in [0.25, 0.3) is 0 Å². The van der Waals surface area contributed by atoms with E-state index in [0.29, 0.717) is 25.7 Å². The molecule has 1 aliphatic heterocycles. The van der Waals surface area contributed by atoms with Crippen molar-refractivity contribution in [3.8, 4) is 11.8 Å². The molecule has 0 aromatic heterocycles. The number of rotatable bonds is 4. The van der Waals surface area contributed by atoms with Crippen molar-refractivity contribution in [3.05, 3.63) is 12.2 Å². The van der Waals surface area contributed by atoms with Crippen molar-refractivity contribution in [2.24, 2.45) is 11.8 Å². The van der Waals surface area contributed by atoms with Crippen molar-refractivity contribution in [2.75, 3.05) is 0 Å². The third kappa shape index (κ3) is 3.41. The van der Waals surface area contributed by atoms with Gasteiger partial charge in [-0.2, -0.15) is 0 Å². The number of esters is 1. The number of ether oxygens (including phenoxy) is 1. The van der Waals surface area contributed by atoms with E-state index in [-0.39, 0.29) is 23.9 Å². The summed E-state index contributed by atoms with van der Waals surface area (Å²) in [7, 11) is 0. The molecule has 0 bridgehead atoms. The number of carbonyl (C=O) groups is 1. The van der Waals surface area contributed by atoms with Crippen LogP contribution < -0.4 is 0 Å². The SMILES string of the molecule is CC#CCCC(C)(O)/C=C/[C@@H]1[C@H]2CC(=O)O[C@H]2C[C@H]1O. The number of fused-ring (bicyclic) bond motifs is 1. The van der Waals surface area contributed by atoms with Gasteiger partial charge in [-0.3, -0.25) is 4.79 Å². The van der Waals surface area contributed by atoms with Gasteiger partial charge in [0, 0.05) is 24.7 Å². The first-order valence-corrected chi connectivity index (χ1v) is 7.12. The van der Waals surface area contributed by atoms with E-state index in [4.69, 9.17) is 4.74 Å². The van der Waals surface area contributed by atoms with Crippen molar-refractivity contribution < 1.29 is 19.7 Å². The lowest BCUT2D eigenvalue weighted by molar-refractivity contribution is -0.141. The number of aliphatic hydroxyl groups excluding tert-OH is 1. The molecule has 110 valence electrons. The van der Waals surface area contributed by atoms with Crippen LogP contribution in [-0.4, -0.2) is 34.0 Å². The van der Waals surface area contributed by atoms with Gasteiger partial charge in [-0.25, -0.2) is 0 Å². The van der Waals surface area contributed by atoms with Gasteiger partial charge >= 0.3 is 5.97 Å². The van der Waals surface area contributed by atoms with Crippen molar-refractivity contribution in [1.82, 2.24) is 0 Å². The van der Waals surface area contributed by atoms with Crippen molar-refractivity contribution in [2.45, 2.75) is 57.3 Å². The summed E-state index contributed by atoms with van der Waals surface area (Å²) in [6.45, 7) is 3.51. The number of hydrogen-bond donors (Lipinski definition) is 2. The van der Waals surface area contributed by atoms with Gasteiger partial charge in [-0.05, 0) is 20.3 Å². The molecule has 0 aromatic carbocycles. The lowest BCUT2D eigenvalue weighted by atomic mass is 9.89. The van der Waals surface area contributed by atoms with Crippen LogP contribution in [0, 0.1) is 23.7 Å². The molecule has 0 spiro atoms. The largest absolute Gasteiger partial charge is 0.462 e. The van der Waals surface area contributed by atoms with Gasteiger partial charge < -0.3 is 14.9 Å². The second-order valence-corrected chi connectivity index (χ2v) is 5.92. The summed E-state index contributed by atoms with van der Waals surface area (Å²) >= 11 is 0. The average molecular weight is 278 g/mol. The van der Waals surface area contributed by atoms with Gasteiger partial charge in [-0.15, -0.1) is 11.8 Å². The monoisotopic (exact) mass is 278 g/mol. The van der Waals surface area contributed by atoms with E-state index in [0.717, 1.165) is 0 Å². The molecule has 1 aliphatic carbocycles. The van der Waals surface area contributed by atoms with E-state index in [1.165, 1.54) is 0 Å². The van der Waals surface area contributed by atoms with Gasteiger partial charge in [0.1, 0.15) is 6.10 Å². The molecule has 2 rings (SSSR count). The molecular weight excluding hydrogens is 256 g/mol. The van der Waals surface area contributed by atoms with Crippen LogP contribution in [0.2, 0.25) is 0 Å². The summed E-state index contributed by atoms with van der Waals surface area (Å²) in [6.07, 6.45) is 4.95. The Morgan fingerprint density at radius 1 is 1.55 bits per heavy atom. The first-order valence-electron chi connectivity index (χ1n) is 7.12. The van der Waals surface area contributed by atoms with Gasteiger partial charge in [0.25, 0.3) is 0 Å². The third-order valence-electron chi connectivity index (χ3n) is 4.19. The predicted molar refractivity (Wildman–Crippen MR) is 74.5 cm³/mol. The Hall–Kier alpha value is -1.31. The fourth-order valence-corrected chi connectivity index (χ4v) is 3.03. The lowest BCUT2D eigenvalue weighted by Gasteiger charge is -2.20. The number of hydrogen-bond acceptors (Lipinski definition) is 4. The Kier molecular flexibility index (Phi) is 4.52. The van der Waals surface area contributed by atoms with Crippen LogP contribution in [0.4, 0.5) is 0 Å². The van der Waals surface area contributed by atoms with E-state index in [9.17, 15) is 15.0 Å².